The first-order valence-corrected chi connectivity index (χ1v) is 12.5. The van der Waals surface area contributed by atoms with E-state index in [1.165, 1.54) is 0 Å². The van der Waals surface area contributed by atoms with E-state index in [2.05, 4.69) is 30.5 Å². The SMILES string of the molecule is COC1(N(C)C)CC(Oc2ccc(Nc3nccc(Nc4cc5c(nc4C(N)=O)CCCC5)n3)cc2)C1. The van der Waals surface area contributed by atoms with E-state index < -0.39 is 5.91 Å². The van der Waals surface area contributed by atoms with E-state index in [0.717, 1.165) is 61.2 Å². The van der Waals surface area contributed by atoms with Gasteiger partial charge in [0, 0.05) is 37.5 Å². The molecule has 1 amide bonds. The van der Waals surface area contributed by atoms with E-state index in [-0.39, 0.29) is 17.5 Å². The molecule has 1 aromatic carbocycles. The van der Waals surface area contributed by atoms with Crippen LogP contribution in [0.5, 0.6) is 5.75 Å². The minimum Gasteiger partial charge on any atom is -0.490 e. The summed E-state index contributed by atoms with van der Waals surface area (Å²) in [5, 5.41) is 6.42. The first-order chi connectivity index (χ1) is 17.8. The molecule has 10 heteroatoms. The molecule has 2 aromatic heterocycles. The second-order valence-corrected chi connectivity index (χ2v) is 9.79. The summed E-state index contributed by atoms with van der Waals surface area (Å²) in [6.45, 7) is 0. The number of rotatable bonds is 9. The molecule has 194 valence electrons. The van der Waals surface area contributed by atoms with Gasteiger partial charge < -0.3 is 25.8 Å². The van der Waals surface area contributed by atoms with Crippen molar-refractivity contribution in [1.29, 1.82) is 0 Å². The second kappa shape index (κ2) is 10.3. The lowest BCUT2D eigenvalue weighted by Gasteiger charge is -2.50. The number of pyridine rings is 1. The summed E-state index contributed by atoms with van der Waals surface area (Å²) in [6.07, 6.45) is 7.40. The maximum Gasteiger partial charge on any atom is 0.269 e. The molecule has 0 bridgehead atoms. The molecular formula is C27H33N7O3. The van der Waals surface area contributed by atoms with Gasteiger partial charge in [-0.1, -0.05) is 0 Å². The molecule has 4 N–H and O–H groups in total. The quantitative estimate of drug-likeness (QED) is 0.374. The molecule has 37 heavy (non-hydrogen) atoms. The first-order valence-electron chi connectivity index (χ1n) is 12.5. The van der Waals surface area contributed by atoms with Crippen molar-refractivity contribution in [2.45, 2.75) is 50.4 Å². The summed E-state index contributed by atoms with van der Waals surface area (Å²) in [4.78, 5) is 27.6. The number of benzene rings is 1. The number of nitrogens with two attached hydrogens (primary N) is 1. The zero-order valence-electron chi connectivity index (χ0n) is 21.5. The van der Waals surface area contributed by atoms with E-state index in [4.69, 9.17) is 15.2 Å². The topological polar surface area (TPSA) is 128 Å². The van der Waals surface area contributed by atoms with Crippen LogP contribution in [0.3, 0.4) is 0 Å². The van der Waals surface area contributed by atoms with Crippen LogP contribution in [-0.2, 0) is 17.6 Å². The monoisotopic (exact) mass is 503 g/mol. The average Bonchev–Trinajstić information content (AvgIpc) is 2.86. The van der Waals surface area contributed by atoms with E-state index in [9.17, 15) is 4.79 Å². The molecule has 2 aliphatic rings. The molecule has 5 rings (SSSR count). The Morgan fingerprint density at radius 1 is 1.08 bits per heavy atom. The fourth-order valence-electron chi connectivity index (χ4n) is 4.93. The van der Waals surface area contributed by atoms with Crippen molar-refractivity contribution in [2.75, 3.05) is 31.8 Å². The standard InChI is InChI=1S/C27H33N7O3/c1-34(2)27(36-3)15-20(16-27)37-19-10-8-18(9-11-19)30-26-29-13-12-23(33-26)31-22-14-17-6-4-5-7-21(17)32-24(22)25(28)35/h8-14,20H,4-7,15-16H2,1-3H3,(H2,28,35)(H2,29,30,31,33). The number of anilines is 4. The lowest BCUT2D eigenvalue weighted by molar-refractivity contribution is -0.204. The van der Waals surface area contributed by atoms with Gasteiger partial charge in [-0.3, -0.25) is 9.69 Å². The van der Waals surface area contributed by atoms with Crippen molar-refractivity contribution in [2.24, 2.45) is 5.73 Å². The van der Waals surface area contributed by atoms with Crippen LogP contribution in [0, 0.1) is 0 Å². The van der Waals surface area contributed by atoms with Crippen molar-refractivity contribution in [3.05, 3.63) is 59.5 Å². The number of fused-ring (bicyclic) bond motifs is 1. The number of nitrogens with one attached hydrogen (secondary N) is 2. The van der Waals surface area contributed by atoms with Crippen LogP contribution in [0.1, 0.15) is 47.4 Å². The largest absolute Gasteiger partial charge is 0.490 e. The normalized spacial score (nSPS) is 20.6. The molecule has 0 radical (unpaired) electrons. The lowest BCUT2D eigenvalue weighted by atomic mass is 9.83. The molecule has 0 saturated heterocycles. The third-order valence-electron chi connectivity index (χ3n) is 7.15. The molecular weight excluding hydrogens is 470 g/mol. The van der Waals surface area contributed by atoms with E-state index in [1.54, 1.807) is 19.4 Å². The highest BCUT2D eigenvalue weighted by atomic mass is 16.5. The van der Waals surface area contributed by atoms with Gasteiger partial charge in [0.15, 0.2) is 5.69 Å². The molecule has 0 unspecified atom stereocenters. The molecule has 10 nitrogen and oxygen atoms in total. The van der Waals surface area contributed by atoms with Crippen molar-refractivity contribution in [1.82, 2.24) is 19.9 Å². The van der Waals surface area contributed by atoms with Gasteiger partial charge in [-0.25, -0.2) is 9.97 Å². The Hall–Kier alpha value is -3.76. The highest BCUT2D eigenvalue weighted by Crippen LogP contribution is 2.39. The van der Waals surface area contributed by atoms with Crippen LogP contribution >= 0.6 is 0 Å². The summed E-state index contributed by atoms with van der Waals surface area (Å²) in [5.74, 6) is 1.18. The van der Waals surface area contributed by atoms with Crippen molar-refractivity contribution >= 4 is 29.0 Å². The number of nitrogens with zero attached hydrogens (tertiary/aromatic N) is 4. The predicted octanol–water partition coefficient (Wildman–Crippen LogP) is 3.78. The van der Waals surface area contributed by atoms with Gasteiger partial charge in [0.25, 0.3) is 5.91 Å². The fraction of sp³-hybridized carbons (Fsp3) is 0.407. The van der Waals surface area contributed by atoms with Crippen LogP contribution in [0.25, 0.3) is 0 Å². The maximum atomic E-state index is 12.1. The van der Waals surface area contributed by atoms with Crippen molar-refractivity contribution < 1.29 is 14.3 Å². The number of hydrogen-bond donors (Lipinski definition) is 3. The Kier molecular flexibility index (Phi) is 6.94. The fourth-order valence-corrected chi connectivity index (χ4v) is 4.93. The summed E-state index contributed by atoms with van der Waals surface area (Å²) in [5.41, 5.74) is 9.08. The van der Waals surface area contributed by atoms with Crippen molar-refractivity contribution in [3.8, 4) is 5.75 Å². The van der Waals surface area contributed by atoms with Crippen LogP contribution in [0.15, 0.2) is 42.6 Å². The summed E-state index contributed by atoms with van der Waals surface area (Å²) >= 11 is 0. The average molecular weight is 504 g/mol. The molecule has 1 fully saturated rings. The molecule has 0 spiro atoms. The Morgan fingerprint density at radius 3 is 2.54 bits per heavy atom. The lowest BCUT2D eigenvalue weighted by Crippen LogP contribution is -2.59. The Morgan fingerprint density at radius 2 is 1.84 bits per heavy atom. The number of primary amides is 1. The van der Waals surface area contributed by atoms with Crippen LogP contribution in [-0.4, -0.2) is 58.8 Å². The zero-order valence-corrected chi connectivity index (χ0v) is 21.5. The van der Waals surface area contributed by atoms with Crippen LogP contribution < -0.4 is 21.1 Å². The van der Waals surface area contributed by atoms with E-state index >= 15 is 0 Å². The summed E-state index contributed by atoms with van der Waals surface area (Å²) in [6, 6.07) is 11.4. The second-order valence-electron chi connectivity index (χ2n) is 9.79. The number of carbonyl (C=O) groups is 1. The molecule has 1 saturated carbocycles. The molecule has 2 heterocycles. The van der Waals surface area contributed by atoms with Gasteiger partial charge in [0.2, 0.25) is 5.95 Å². The van der Waals surface area contributed by atoms with Gasteiger partial charge in [0.05, 0.1) is 5.69 Å². The van der Waals surface area contributed by atoms with Crippen molar-refractivity contribution in [3.63, 3.8) is 0 Å². The summed E-state index contributed by atoms with van der Waals surface area (Å²) in [7, 11) is 5.78. The van der Waals surface area contributed by atoms with Gasteiger partial charge >= 0.3 is 0 Å². The number of methoxy groups -OCH3 is 1. The van der Waals surface area contributed by atoms with E-state index in [1.807, 2.05) is 44.4 Å². The zero-order chi connectivity index (χ0) is 26.0. The summed E-state index contributed by atoms with van der Waals surface area (Å²) < 4.78 is 11.8. The Balaban J connectivity index is 1.24. The highest BCUT2D eigenvalue weighted by Gasteiger charge is 2.48. The highest BCUT2D eigenvalue weighted by molar-refractivity contribution is 5.97. The number of aryl methyl sites for hydroxylation is 2. The van der Waals surface area contributed by atoms with Gasteiger partial charge in [-0.15, -0.1) is 0 Å². The maximum absolute atomic E-state index is 12.1. The minimum atomic E-state index is -0.567. The van der Waals surface area contributed by atoms with Gasteiger partial charge in [-0.2, -0.15) is 4.98 Å². The number of hydrogen-bond acceptors (Lipinski definition) is 9. The first kappa shape index (κ1) is 24.9. The Bertz CT molecular complexity index is 1270. The number of carbonyl (C=O) groups excluding carboxylic acids is 1. The Labute approximate surface area is 216 Å². The number of amides is 1. The number of aromatic nitrogens is 3. The third-order valence-corrected chi connectivity index (χ3v) is 7.15. The third kappa shape index (κ3) is 5.35. The molecule has 0 atom stereocenters. The van der Waals surface area contributed by atoms with Gasteiger partial charge in [0.1, 0.15) is 23.4 Å². The minimum absolute atomic E-state index is 0.121. The van der Waals surface area contributed by atoms with Gasteiger partial charge in [-0.05, 0) is 81.7 Å². The molecule has 2 aliphatic carbocycles. The number of ether oxygens (including phenoxy) is 2. The van der Waals surface area contributed by atoms with Crippen LogP contribution in [0.2, 0.25) is 0 Å². The molecule has 0 aliphatic heterocycles. The smallest absolute Gasteiger partial charge is 0.269 e. The predicted molar refractivity (Wildman–Crippen MR) is 142 cm³/mol. The van der Waals surface area contributed by atoms with E-state index in [0.29, 0.717) is 17.5 Å². The molecule has 3 aromatic rings. The van der Waals surface area contributed by atoms with Crippen LogP contribution in [0.4, 0.5) is 23.1 Å².